The van der Waals surface area contributed by atoms with Crippen molar-refractivity contribution in [2.75, 3.05) is 25.0 Å². The molecular weight excluding hydrogens is 359 g/mol. The maximum atomic E-state index is 13.2. The van der Waals surface area contributed by atoms with E-state index in [1.165, 1.54) is 30.3 Å². The third kappa shape index (κ3) is 5.03. The van der Waals surface area contributed by atoms with Crippen molar-refractivity contribution in [2.24, 2.45) is 0 Å². The summed E-state index contributed by atoms with van der Waals surface area (Å²) >= 11 is 0. The van der Waals surface area contributed by atoms with Crippen LogP contribution in [0.4, 0.5) is 10.1 Å². The first-order valence-corrected chi connectivity index (χ1v) is 9.59. The Balaban J connectivity index is 2.11. The number of nitrogens with zero attached hydrogens (tertiary/aromatic N) is 1. The number of sulfonamides is 1. The molecule has 2 aromatic carbocycles. The number of carbonyl (C=O) groups is 1. The fraction of sp³-hybridized carbons (Fsp3) is 0.278. The lowest BCUT2D eigenvalue weighted by atomic mass is 10.3. The quantitative estimate of drug-likeness (QED) is 0.764. The Hall–Kier alpha value is -2.45. The second-order valence-corrected chi connectivity index (χ2v) is 7.33. The summed E-state index contributed by atoms with van der Waals surface area (Å²) in [5, 5.41) is 2.49. The molecule has 0 saturated carbocycles. The second kappa shape index (κ2) is 8.77. The summed E-state index contributed by atoms with van der Waals surface area (Å²) < 4.78 is 45.0. The number of likely N-dealkylation sites (N-methyl/N-ethyl adjacent to an activating group) is 1. The molecule has 1 amide bonds. The van der Waals surface area contributed by atoms with Crippen LogP contribution in [0.25, 0.3) is 0 Å². The van der Waals surface area contributed by atoms with E-state index in [9.17, 15) is 17.6 Å². The molecule has 0 aliphatic carbocycles. The van der Waals surface area contributed by atoms with Crippen LogP contribution in [0.3, 0.4) is 0 Å². The summed E-state index contributed by atoms with van der Waals surface area (Å²) in [6, 6.07) is 11.4. The molecule has 0 aliphatic rings. The molecule has 26 heavy (non-hydrogen) atoms. The van der Waals surface area contributed by atoms with Crippen molar-refractivity contribution in [1.82, 2.24) is 4.31 Å². The molecule has 2 rings (SSSR count). The van der Waals surface area contributed by atoms with Gasteiger partial charge < -0.3 is 10.1 Å². The zero-order valence-electron chi connectivity index (χ0n) is 14.6. The molecule has 0 saturated heterocycles. The van der Waals surface area contributed by atoms with Crippen molar-refractivity contribution in [3.63, 3.8) is 0 Å². The van der Waals surface area contributed by atoms with Crippen molar-refractivity contribution in [1.29, 1.82) is 0 Å². The third-order valence-corrected chi connectivity index (χ3v) is 5.49. The predicted molar refractivity (Wildman–Crippen MR) is 97.1 cm³/mol. The Bertz CT molecular complexity index is 854. The SMILES string of the molecule is CCOc1ccc(S(=O)(=O)N(CC)CC(=O)Nc2cccc(F)c2)cc1. The molecule has 0 heterocycles. The number of amides is 1. The van der Waals surface area contributed by atoms with Gasteiger partial charge in [0.15, 0.2) is 0 Å². The molecule has 0 atom stereocenters. The van der Waals surface area contributed by atoms with Crippen LogP contribution in [0.2, 0.25) is 0 Å². The Labute approximate surface area is 152 Å². The Morgan fingerprint density at radius 2 is 1.85 bits per heavy atom. The van der Waals surface area contributed by atoms with E-state index in [2.05, 4.69) is 5.32 Å². The smallest absolute Gasteiger partial charge is 0.243 e. The molecule has 0 fully saturated rings. The van der Waals surface area contributed by atoms with E-state index < -0.39 is 21.7 Å². The minimum Gasteiger partial charge on any atom is -0.494 e. The summed E-state index contributed by atoms with van der Waals surface area (Å²) in [7, 11) is -3.84. The number of anilines is 1. The molecule has 0 aliphatic heterocycles. The van der Waals surface area contributed by atoms with Gasteiger partial charge in [-0.25, -0.2) is 12.8 Å². The lowest BCUT2D eigenvalue weighted by Gasteiger charge is -2.20. The summed E-state index contributed by atoms with van der Waals surface area (Å²) in [6.07, 6.45) is 0. The minimum absolute atomic E-state index is 0.0707. The molecule has 140 valence electrons. The van der Waals surface area contributed by atoms with Gasteiger partial charge in [-0.05, 0) is 49.4 Å². The molecule has 0 spiro atoms. The van der Waals surface area contributed by atoms with Crippen LogP contribution in [0, 0.1) is 5.82 Å². The Morgan fingerprint density at radius 3 is 2.42 bits per heavy atom. The molecule has 1 N–H and O–H groups in total. The van der Waals surface area contributed by atoms with Crippen molar-refractivity contribution < 1.29 is 22.3 Å². The van der Waals surface area contributed by atoms with Gasteiger partial charge in [0.2, 0.25) is 15.9 Å². The van der Waals surface area contributed by atoms with Gasteiger partial charge in [0, 0.05) is 12.2 Å². The largest absolute Gasteiger partial charge is 0.494 e. The first-order chi connectivity index (χ1) is 12.4. The second-order valence-electron chi connectivity index (χ2n) is 5.39. The maximum absolute atomic E-state index is 13.2. The number of hydrogen-bond donors (Lipinski definition) is 1. The maximum Gasteiger partial charge on any atom is 0.243 e. The van der Waals surface area contributed by atoms with Gasteiger partial charge in [-0.15, -0.1) is 0 Å². The average molecular weight is 380 g/mol. The van der Waals surface area contributed by atoms with E-state index in [1.54, 1.807) is 19.1 Å². The van der Waals surface area contributed by atoms with Crippen molar-refractivity contribution in [3.05, 3.63) is 54.3 Å². The van der Waals surface area contributed by atoms with E-state index in [-0.39, 0.29) is 23.7 Å². The predicted octanol–water partition coefficient (Wildman–Crippen LogP) is 2.87. The van der Waals surface area contributed by atoms with Crippen LogP contribution >= 0.6 is 0 Å². The normalized spacial score (nSPS) is 11.4. The van der Waals surface area contributed by atoms with Gasteiger partial charge in [0.1, 0.15) is 11.6 Å². The van der Waals surface area contributed by atoms with Crippen LogP contribution in [-0.2, 0) is 14.8 Å². The van der Waals surface area contributed by atoms with Gasteiger partial charge in [-0.3, -0.25) is 4.79 Å². The van der Waals surface area contributed by atoms with Crippen molar-refractivity contribution >= 4 is 21.6 Å². The van der Waals surface area contributed by atoms with Crippen molar-refractivity contribution in [2.45, 2.75) is 18.7 Å². The Kier molecular flexibility index (Phi) is 6.70. The van der Waals surface area contributed by atoms with Crippen LogP contribution < -0.4 is 10.1 Å². The molecule has 0 aromatic heterocycles. The van der Waals surface area contributed by atoms with Crippen LogP contribution in [-0.4, -0.2) is 38.3 Å². The third-order valence-electron chi connectivity index (χ3n) is 3.55. The van der Waals surface area contributed by atoms with Crippen molar-refractivity contribution in [3.8, 4) is 5.75 Å². The number of benzene rings is 2. The molecular formula is C18H21FN2O4S. The number of rotatable bonds is 8. The van der Waals surface area contributed by atoms with Gasteiger partial charge in [-0.2, -0.15) is 4.31 Å². The first kappa shape index (κ1) is 19.9. The highest BCUT2D eigenvalue weighted by Crippen LogP contribution is 2.20. The Morgan fingerprint density at radius 1 is 1.15 bits per heavy atom. The van der Waals surface area contributed by atoms with E-state index in [0.717, 1.165) is 10.4 Å². The molecule has 6 nitrogen and oxygen atoms in total. The molecule has 8 heteroatoms. The number of nitrogens with one attached hydrogen (secondary N) is 1. The van der Waals surface area contributed by atoms with Crippen LogP contribution in [0.5, 0.6) is 5.75 Å². The van der Waals surface area contributed by atoms with E-state index in [1.807, 2.05) is 6.92 Å². The molecule has 0 radical (unpaired) electrons. The molecule has 0 bridgehead atoms. The molecule has 0 unspecified atom stereocenters. The molecule has 2 aromatic rings. The zero-order valence-corrected chi connectivity index (χ0v) is 15.4. The zero-order chi connectivity index (χ0) is 19.2. The highest BCUT2D eigenvalue weighted by molar-refractivity contribution is 7.89. The van der Waals surface area contributed by atoms with E-state index in [0.29, 0.717) is 12.4 Å². The lowest BCUT2D eigenvalue weighted by Crippen LogP contribution is -2.37. The first-order valence-electron chi connectivity index (χ1n) is 8.15. The van der Waals surface area contributed by atoms with E-state index in [4.69, 9.17) is 4.74 Å². The van der Waals surface area contributed by atoms with Crippen LogP contribution in [0.1, 0.15) is 13.8 Å². The standard InChI is InChI=1S/C18H21FN2O4S/c1-3-21(13-18(22)20-15-7-5-6-14(19)12-15)26(23,24)17-10-8-16(9-11-17)25-4-2/h5-12H,3-4,13H2,1-2H3,(H,20,22). The number of halogens is 1. The van der Waals surface area contributed by atoms with Gasteiger partial charge in [-0.1, -0.05) is 13.0 Å². The highest BCUT2D eigenvalue weighted by Gasteiger charge is 2.25. The summed E-state index contributed by atoms with van der Waals surface area (Å²) in [6.45, 7) is 3.70. The summed E-state index contributed by atoms with van der Waals surface area (Å²) in [5.41, 5.74) is 0.268. The fourth-order valence-corrected chi connectivity index (χ4v) is 3.72. The monoisotopic (exact) mass is 380 g/mol. The van der Waals surface area contributed by atoms with Gasteiger partial charge in [0.05, 0.1) is 18.0 Å². The van der Waals surface area contributed by atoms with E-state index >= 15 is 0 Å². The van der Waals surface area contributed by atoms with Gasteiger partial charge >= 0.3 is 0 Å². The minimum atomic E-state index is -3.84. The summed E-state index contributed by atoms with van der Waals surface area (Å²) in [4.78, 5) is 12.2. The van der Waals surface area contributed by atoms with Gasteiger partial charge in [0.25, 0.3) is 0 Å². The average Bonchev–Trinajstić information content (AvgIpc) is 2.60. The number of carbonyl (C=O) groups excluding carboxylic acids is 1. The number of hydrogen-bond acceptors (Lipinski definition) is 4. The summed E-state index contributed by atoms with van der Waals surface area (Å²) in [5.74, 6) is -0.470. The van der Waals surface area contributed by atoms with Crippen LogP contribution in [0.15, 0.2) is 53.4 Å². The fourth-order valence-electron chi connectivity index (χ4n) is 2.32. The topological polar surface area (TPSA) is 75.7 Å². The number of ether oxygens (including phenoxy) is 1. The lowest BCUT2D eigenvalue weighted by molar-refractivity contribution is -0.116. The highest BCUT2D eigenvalue weighted by atomic mass is 32.2.